The molecule has 0 amide bonds. The predicted molar refractivity (Wildman–Crippen MR) is 83.5 cm³/mol. The van der Waals surface area contributed by atoms with Crippen LogP contribution in [0.1, 0.15) is 0 Å². The molecule has 0 aliphatic heterocycles. The molecule has 0 spiro atoms. The first-order valence-corrected chi connectivity index (χ1v) is 8.40. The number of hydrogen-bond donors (Lipinski definition) is 2. The molecule has 0 saturated carbocycles. The van der Waals surface area contributed by atoms with Gasteiger partial charge in [0, 0.05) is 8.95 Å². The van der Waals surface area contributed by atoms with Crippen LogP contribution in [0.4, 0.5) is 15.8 Å². The molecule has 8 heteroatoms. The summed E-state index contributed by atoms with van der Waals surface area (Å²) in [6.07, 6.45) is 0. The quantitative estimate of drug-likeness (QED) is 0.738. The highest BCUT2D eigenvalue weighted by Crippen LogP contribution is 2.32. The second-order valence-corrected chi connectivity index (χ2v) is 7.28. The lowest BCUT2D eigenvalue weighted by Crippen LogP contribution is -2.14. The van der Waals surface area contributed by atoms with Gasteiger partial charge in [-0.2, -0.15) is 0 Å². The number of nitrogen functional groups attached to an aromatic ring is 1. The van der Waals surface area contributed by atoms with E-state index in [1.54, 1.807) is 18.2 Å². The van der Waals surface area contributed by atoms with Crippen molar-refractivity contribution in [2.45, 2.75) is 4.90 Å². The summed E-state index contributed by atoms with van der Waals surface area (Å²) in [4.78, 5) is -0.202. The Kier molecular flexibility index (Phi) is 4.36. The molecule has 106 valence electrons. The van der Waals surface area contributed by atoms with Crippen molar-refractivity contribution in [1.82, 2.24) is 0 Å². The molecule has 2 rings (SSSR count). The minimum absolute atomic E-state index is 0.106. The van der Waals surface area contributed by atoms with Crippen LogP contribution in [0.15, 0.2) is 50.2 Å². The second-order valence-electron chi connectivity index (χ2n) is 3.89. The van der Waals surface area contributed by atoms with Gasteiger partial charge in [0.05, 0.1) is 16.3 Å². The van der Waals surface area contributed by atoms with Crippen LogP contribution in [-0.2, 0) is 10.0 Å². The summed E-state index contributed by atoms with van der Waals surface area (Å²) in [7, 11) is -3.90. The van der Waals surface area contributed by atoms with Crippen LogP contribution in [0.5, 0.6) is 0 Å². The maximum absolute atomic E-state index is 13.4. The summed E-state index contributed by atoms with van der Waals surface area (Å²) in [6.45, 7) is 0. The first kappa shape index (κ1) is 15.3. The lowest BCUT2D eigenvalue weighted by molar-refractivity contribution is 0.596. The van der Waals surface area contributed by atoms with E-state index in [-0.39, 0.29) is 10.6 Å². The fraction of sp³-hybridized carbons (Fsp3) is 0. The lowest BCUT2D eigenvalue weighted by atomic mass is 10.3. The molecule has 0 aromatic heterocycles. The zero-order valence-corrected chi connectivity index (χ0v) is 13.9. The predicted octanol–water partition coefficient (Wildman–Crippen LogP) is 3.73. The summed E-state index contributed by atoms with van der Waals surface area (Å²) in [6, 6.07) is 8.44. The topological polar surface area (TPSA) is 72.2 Å². The van der Waals surface area contributed by atoms with Gasteiger partial charge in [0.15, 0.2) is 0 Å². The average Bonchev–Trinajstić information content (AvgIpc) is 2.37. The van der Waals surface area contributed by atoms with Crippen molar-refractivity contribution in [3.05, 3.63) is 51.2 Å². The largest absolute Gasteiger partial charge is 0.396 e. The van der Waals surface area contributed by atoms with E-state index in [2.05, 4.69) is 36.6 Å². The molecule has 4 nitrogen and oxygen atoms in total. The van der Waals surface area contributed by atoms with Gasteiger partial charge < -0.3 is 5.73 Å². The average molecular weight is 424 g/mol. The van der Waals surface area contributed by atoms with Crippen molar-refractivity contribution in [2.24, 2.45) is 0 Å². The summed E-state index contributed by atoms with van der Waals surface area (Å²) in [5.74, 6) is -0.779. The van der Waals surface area contributed by atoms with Crippen LogP contribution in [0.25, 0.3) is 0 Å². The van der Waals surface area contributed by atoms with Gasteiger partial charge in [0.1, 0.15) is 5.82 Å². The van der Waals surface area contributed by atoms with Crippen molar-refractivity contribution in [3.63, 3.8) is 0 Å². The summed E-state index contributed by atoms with van der Waals surface area (Å²) >= 11 is 6.49. The van der Waals surface area contributed by atoms with Gasteiger partial charge in [-0.05, 0) is 62.2 Å². The number of sulfonamides is 1. The Morgan fingerprint density at radius 1 is 1.10 bits per heavy atom. The Hall–Kier alpha value is -1.12. The Morgan fingerprint density at radius 3 is 2.25 bits per heavy atom. The van der Waals surface area contributed by atoms with Crippen molar-refractivity contribution in [1.29, 1.82) is 0 Å². The first-order chi connectivity index (χ1) is 9.31. The first-order valence-electron chi connectivity index (χ1n) is 5.33. The Morgan fingerprint density at radius 2 is 1.70 bits per heavy atom. The van der Waals surface area contributed by atoms with Gasteiger partial charge in [0.2, 0.25) is 0 Å². The number of nitrogens with two attached hydrogens (primary N) is 1. The van der Waals surface area contributed by atoms with E-state index in [4.69, 9.17) is 5.73 Å². The van der Waals surface area contributed by atoms with Crippen molar-refractivity contribution in [3.8, 4) is 0 Å². The number of anilines is 2. The van der Waals surface area contributed by atoms with Crippen molar-refractivity contribution in [2.75, 3.05) is 10.5 Å². The highest BCUT2D eigenvalue weighted by molar-refractivity contribution is 9.11. The van der Waals surface area contributed by atoms with E-state index in [1.807, 2.05) is 0 Å². The molecular weight excluding hydrogens is 415 g/mol. The number of rotatable bonds is 3. The number of halogens is 3. The third-order valence-corrected chi connectivity index (χ3v) is 5.15. The number of benzene rings is 2. The fourth-order valence-electron chi connectivity index (χ4n) is 1.46. The number of nitrogens with one attached hydrogen (secondary N) is 1. The minimum Gasteiger partial charge on any atom is -0.396 e. The molecule has 20 heavy (non-hydrogen) atoms. The Labute approximate surface area is 132 Å². The van der Waals surface area contributed by atoms with E-state index in [0.29, 0.717) is 14.6 Å². The van der Waals surface area contributed by atoms with Crippen molar-refractivity contribution >= 4 is 53.3 Å². The third kappa shape index (κ3) is 3.13. The Balaban J connectivity index is 2.43. The van der Waals surface area contributed by atoms with E-state index >= 15 is 0 Å². The molecule has 0 aliphatic rings. The van der Waals surface area contributed by atoms with Gasteiger partial charge in [-0.25, -0.2) is 12.8 Å². The smallest absolute Gasteiger partial charge is 0.262 e. The van der Waals surface area contributed by atoms with E-state index in [1.165, 1.54) is 12.1 Å². The molecule has 2 aromatic carbocycles. The molecule has 3 N–H and O–H groups in total. The lowest BCUT2D eigenvalue weighted by Gasteiger charge is -2.12. The number of hydrogen-bond acceptors (Lipinski definition) is 3. The molecule has 2 aromatic rings. The monoisotopic (exact) mass is 422 g/mol. The zero-order valence-electron chi connectivity index (χ0n) is 9.90. The molecule has 0 aliphatic carbocycles. The molecule has 0 radical (unpaired) electrons. The SMILES string of the molecule is Nc1ccc(S(=O)(=O)Nc2c(Br)cccc2Br)cc1F. The molecule has 0 fully saturated rings. The molecule has 0 heterocycles. The van der Waals surface area contributed by atoms with E-state index in [9.17, 15) is 12.8 Å². The maximum Gasteiger partial charge on any atom is 0.262 e. The molecular formula is C12H9Br2FN2O2S. The number of para-hydroxylation sites is 1. The van der Waals surface area contributed by atoms with Gasteiger partial charge in [-0.15, -0.1) is 0 Å². The molecule has 0 bridgehead atoms. The van der Waals surface area contributed by atoms with Crippen molar-refractivity contribution < 1.29 is 12.8 Å². The van der Waals surface area contributed by atoms with E-state index in [0.717, 1.165) is 6.07 Å². The molecule has 0 atom stereocenters. The van der Waals surface area contributed by atoms with Crippen LogP contribution in [0, 0.1) is 5.82 Å². The van der Waals surface area contributed by atoms with Crippen LogP contribution in [0.2, 0.25) is 0 Å². The van der Waals surface area contributed by atoms with Crippen LogP contribution in [-0.4, -0.2) is 8.42 Å². The minimum atomic E-state index is -3.90. The summed E-state index contributed by atoms with van der Waals surface area (Å²) in [5, 5.41) is 0. The Bertz CT molecular complexity index is 746. The summed E-state index contributed by atoms with van der Waals surface area (Å²) in [5.41, 5.74) is 5.56. The van der Waals surface area contributed by atoms with E-state index < -0.39 is 15.8 Å². The van der Waals surface area contributed by atoms with Gasteiger partial charge >= 0.3 is 0 Å². The molecule has 0 saturated heterocycles. The van der Waals surface area contributed by atoms with Gasteiger partial charge in [0.25, 0.3) is 10.0 Å². The molecule has 0 unspecified atom stereocenters. The zero-order chi connectivity index (χ0) is 14.9. The standard InChI is InChI=1S/C12H9Br2FN2O2S/c13-8-2-1-3-9(14)12(8)17-20(18,19)7-4-5-11(16)10(15)6-7/h1-6,17H,16H2. The summed E-state index contributed by atoms with van der Waals surface area (Å²) < 4.78 is 41.3. The fourth-order valence-corrected chi connectivity index (χ4v) is 4.04. The second kappa shape index (κ2) is 5.71. The highest BCUT2D eigenvalue weighted by atomic mass is 79.9. The van der Waals surface area contributed by atoms with Crippen LogP contribution < -0.4 is 10.5 Å². The normalized spacial score (nSPS) is 11.3. The van der Waals surface area contributed by atoms with Gasteiger partial charge in [-0.1, -0.05) is 6.07 Å². The third-order valence-electron chi connectivity index (χ3n) is 2.48. The van der Waals surface area contributed by atoms with Crippen LogP contribution in [0.3, 0.4) is 0 Å². The highest BCUT2D eigenvalue weighted by Gasteiger charge is 2.18. The van der Waals surface area contributed by atoms with Gasteiger partial charge in [-0.3, -0.25) is 4.72 Å². The van der Waals surface area contributed by atoms with Crippen LogP contribution >= 0.6 is 31.9 Å². The maximum atomic E-state index is 13.4.